The van der Waals surface area contributed by atoms with E-state index in [4.69, 9.17) is 0 Å². The van der Waals surface area contributed by atoms with Crippen LogP contribution in [0.4, 0.5) is 5.82 Å². The van der Waals surface area contributed by atoms with Crippen LogP contribution in [-0.4, -0.2) is 51.4 Å². The molecule has 0 aliphatic carbocycles. The number of anilines is 1. The van der Waals surface area contributed by atoms with E-state index < -0.39 is 5.69 Å². The van der Waals surface area contributed by atoms with Crippen molar-refractivity contribution < 1.29 is 4.79 Å². The Kier molecular flexibility index (Phi) is 5.25. The zero-order chi connectivity index (χ0) is 19.7. The second-order valence-corrected chi connectivity index (χ2v) is 7.59. The highest BCUT2D eigenvalue weighted by Gasteiger charge is 2.27. The van der Waals surface area contributed by atoms with Gasteiger partial charge in [0, 0.05) is 31.9 Å². The minimum absolute atomic E-state index is 0.191. The van der Waals surface area contributed by atoms with Crippen molar-refractivity contribution in [3.63, 3.8) is 0 Å². The maximum atomic E-state index is 13.0. The minimum atomic E-state index is -0.484. The van der Waals surface area contributed by atoms with Crippen LogP contribution in [-0.2, 0) is 19.4 Å². The SMILES string of the molecule is Cc1nc2c(c(N(C)C)n1)CCN(C(=O)c1cc(CC(C)C)[nH]c(=O)n1)C2. The van der Waals surface area contributed by atoms with Gasteiger partial charge in [-0.15, -0.1) is 0 Å². The van der Waals surface area contributed by atoms with Crippen molar-refractivity contribution in [2.24, 2.45) is 5.92 Å². The van der Waals surface area contributed by atoms with Crippen molar-refractivity contribution in [2.45, 2.75) is 40.2 Å². The average Bonchev–Trinajstić information content (AvgIpc) is 2.58. The van der Waals surface area contributed by atoms with Crippen LogP contribution in [0.15, 0.2) is 10.9 Å². The van der Waals surface area contributed by atoms with Gasteiger partial charge in [-0.25, -0.2) is 14.8 Å². The van der Waals surface area contributed by atoms with Crippen LogP contribution in [0.5, 0.6) is 0 Å². The van der Waals surface area contributed by atoms with E-state index in [0.29, 0.717) is 37.7 Å². The number of amides is 1. The first-order valence-electron chi connectivity index (χ1n) is 9.17. The third-order valence-corrected chi connectivity index (χ3v) is 4.51. The molecule has 1 amide bonds. The molecule has 0 unspecified atom stereocenters. The van der Waals surface area contributed by atoms with Crippen LogP contribution in [0.2, 0.25) is 0 Å². The highest BCUT2D eigenvalue weighted by atomic mass is 16.2. The second kappa shape index (κ2) is 7.46. The number of aromatic nitrogens is 4. The lowest BCUT2D eigenvalue weighted by atomic mass is 10.0. The predicted octanol–water partition coefficient (Wildman–Crippen LogP) is 1.33. The summed E-state index contributed by atoms with van der Waals surface area (Å²) in [5.74, 6) is 1.72. The number of nitrogens with one attached hydrogen (secondary N) is 1. The smallest absolute Gasteiger partial charge is 0.345 e. The number of nitrogens with zero attached hydrogens (tertiary/aromatic N) is 5. The van der Waals surface area contributed by atoms with Gasteiger partial charge in [-0.05, 0) is 31.7 Å². The standard InChI is InChI=1S/C19H26N6O2/c1-11(2)8-13-9-15(23-19(27)22-13)18(26)25-7-6-14-16(10-25)20-12(3)21-17(14)24(4)5/h9,11H,6-8,10H2,1-5H3,(H,22,23,27). The first-order valence-corrected chi connectivity index (χ1v) is 9.17. The van der Waals surface area contributed by atoms with Crippen LogP contribution in [0.25, 0.3) is 0 Å². The summed E-state index contributed by atoms with van der Waals surface area (Å²) in [4.78, 5) is 44.2. The van der Waals surface area contributed by atoms with E-state index in [2.05, 4.69) is 33.8 Å². The van der Waals surface area contributed by atoms with E-state index in [0.717, 1.165) is 22.8 Å². The Morgan fingerprint density at radius 2 is 2.04 bits per heavy atom. The van der Waals surface area contributed by atoms with Crippen LogP contribution in [0, 0.1) is 12.8 Å². The monoisotopic (exact) mass is 370 g/mol. The van der Waals surface area contributed by atoms with Gasteiger partial charge >= 0.3 is 5.69 Å². The van der Waals surface area contributed by atoms with Crippen molar-refractivity contribution in [3.05, 3.63) is 45.0 Å². The first-order chi connectivity index (χ1) is 12.7. The molecule has 1 aliphatic rings. The summed E-state index contributed by atoms with van der Waals surface area (Å²) in [5.41, 5.74) is 2.38. The van der Waals surface area contributed by atoms with Gasteiger partial charge in [0.25, 0.3) is 5.91 Å². The molecule has 2 aromatic heterocycles. The third kappa shape index (κ3) is 4.15. The molecule has 0 fully saturated rings. The van der Waals surface area contributed by atoms with Crippen molar-refractivity contribution in [3.8, 4) is 0 Å². The molecule has 3 heterocycles. The van der Waals surface area contributed by atoms with Crippen LogP contribution >= 0.6 is 0 Å². The lowest BCUT2D eigenvalue weighted by Crippen LogP contribution is -2.38. The lowest BCUT2D eigenvalue weighted by Gasteiger charge is -2.30. The van der Waals surface area contributed by atoms with Gasteiger partial charge < -0.3 is 14.8 Å². The lowest BCUT2D eigenvalue weighted by molar-refractivity contribution is 0.0725. The summed E-state index contributed by atoms with van der Waals surface area (Å²) in [5, 5.41) is 0. The fraction of sp³-hybridized carbons (Fsp3) is 0.526. The van der Waals surface area contributed by atoms with E-state index >= 15 is 0 Å². The quantitative estimate of drug-likeness (QED) is 0.872. The Bertz CT molecular complexity index is 919. The van der Waals surface area contributed by atoms with Crippen molar-refractivity contribution in [1.82, 2.24) is 24.8 Å². The molecule has 0 spiro atoms. The maximum absolute atomic E-state index is 13.0. The summed E-state index contributed by atoms with van der Waals surface area (Å²) in [6.07, 6.45) is 1.37. The molecule has 0 aromatic carbocycles. The second-order valence-electron chi connectivity index (χ2n) is 7.59. The van der Waals surface area contributed by atoms with E-state index in [9.17, 15) is 9.59 Å². The van der Waals surface area contributed by atoms with Gasteiger partial charge in [0.2, 0.25) is 0 Å². The van der Waals surface area contributed by atoms with Crippen LogP contribution in [0.3, 0.4) is 0 Å². The number of aromatic amines is 1. The highest BCUT2D eigenvalue weighted by Crippen LogP contribution is 2.26. The number of carbonyl (C=O) groups excluding carboxylic acids is 1. The van der Waals surface area contributed by atoms with Gasteiger partial charge in [-0.2, -0.15) is 4.98 Å². The van der Waals surface area contributed by atoms with Crippen molar-refractivity contribution in [1.29, 1.82) is 0 Å². The first kappa shape index (κ1) is 19.0. The fourth-order valence-electron chi connectivity index (χ4n) is 3.40. The number of hydrogen-bond donors (Lipinski definition) is 1. The molecule has 1 N–H and O–H groups in total. The number of H-pyrrole nitrogens is 1. The van der Waals surface area contributed by atoms with E-state index in [-0.39, 0.29) is 11.6 Å². The molecule has 2 aromatic rings. The Labute approximate surface area is 158 Å². The van der Waals surface area contributed by atoms with Crippen LogP contribution < -0.4 is 10.6 Å². The van der Waals surface area contributed by atoms with E-state index in [1.54, 1.807) is 11.0 Å². The number of aryl methyl sites for hydroxylation is 1. The van der Waals surface area contributed by atoms with Gasteiger partial charge in [0.15, 0.2) is 0 Å². The molecule has 144 valence electrons. The number of hydrogen-bond acceptors (Lipinski definition) is 6. The normalized spacial score (nSPS) is 13.6. The molecular weight excluding hydrogens is 344 g/mol. The highest BCUT2D eigenvalue weighted by molar-refractivity contribution is 5.92. The maximum Gasteiger partial charge on any atom is 0.345 e. The van der Waals surface area contributed by atoms with Gasteiger partial charge in [0.1, 0.15) is 17.3 Å². The van der Waals surface area contributed by atoms with Crippen molar-refractivity contribution in [2.75, 3.05) is 25.5 Å². The number of rotatable bonds is 4. The Morgan fingerprint density at radius 3 is 2.70 bits per heavy atom. The Hall–Kier alpha value is -2.77. The number of fused-ring (bicyclic) bond motifs is 1. The summed E-state index contributed by atoms with van der Waals surface area (Å²) < 4.78 is 0. The molecular formula is C19H26N6O2. The third-order valence-electron chi connectivity index (χ3n) is 4.51. The summed E-state index contributed by atoms with van der Waals surface area (Å²) in [6.45, 7) is 6.92. The van der Waals surface area contributed by atoms with Gasteiger partial charge in [0.05, 0.1) is 12.2 Å². The van der Waals surface area contributed by atoms with E-state index in [1.807, 2.05) is 25.9 Å². The Morgan fingerprint density at radius 1 is 1.30 bits per heavy atom. The molecule has 1 aliphatic heterocycles. The zero-order valence-corrected chi connectivity index (χ0v) is 16.5. The average molecular weight is 370 g/mol. The fourth-order valence-corrected chi connectivity index (χ4v) is 3.40. The molecule has 0 saturated carbocycles. The molecule has 0 atom stereocenters. The molecule has 0 radical (unpaired) electrons. The molecule has 27 heavy (non-hydrogen) atoms. The molecule has 8 heteroatoms. The van der Waals surface area contributed by atoms with Crippen LogP contribution in [0.1, 0.15) is 47.1 Å². The predicted molar refractivity (Wildman–Crippen MR) is 103 cm³/mol. The molecule has 0 saturated heterocycles. The van der Waals surface area contributed by atoms with Gasteiger partial charge in [-0.1, -0.05) is 13.8 Å². The van der Waals surface area contributed by atoms with E-state index in [1.165, 1.54) is 0 Å². The largest absolute Gasteiger partial charge is 0.362 e. The number of carbonyl (C=O) groups is 1. The summed E-state index contributed by atoms with van der Waals surface area (Å²) in [6, 6.07) is 1.69. The molecule has 3 rings (SSSR count). The summed E-state index contributed by atoms with van der Waals surface area (Å²) in [7, 11) is 3.91. The molecule has 0 bridgehead atoms. The minimum Gasteiger partial charge on any atom is -0.362 e. The van der Waals surface area contributed by atoms with Crippen molar-refractivity contribution >= 4 is 11.7 Å². The molecule has 8 nitrogen and oxygen atoms in total. The van der Waals surface area contributed by atoms with Gasteiger partial charge in [-0.3, -0.25) is 4.79 Å². The topological polar surface area (TPSA) is 95.1 Å². The summed E-state index contributed by atoms with van der Waals surface area (Å²) >= 11 is 0. The Balaban J connectivity index is 1.88. The zero-order valence-electron chi connectivity index (χ0n) is 16.5.